The summed E-state index contributed by atoms with van der Waals surface area (Å²) in [6, 6.07) is 6.96. The molecule has 2 aromatic rings. The number of ether oxygens (including phenoxy) is 1. The lowest BCUT2D eigenvalue weighted by Crippen LogP contribution is -2.49. The van der Waals surface area contributed by atoms with Gasteiger partial charge in [0.15, 0.2) is 3.95 Å². The molecule has 1 aromatic carbocycles. The third-order valence-corrected chi connectivity index (χ3v) is 11.3. The number of carboxylic acids is 1. The van der Waals surface area contributed by atoms with Crippen molar-refractivity contribution in [2.45, 2.75) is 42.5 Å². The average Bonchev–Trinajstić information content (AvgIpc) is 3.54. The third kappa shape index (κ3) is 3.22. The van der Waals surface area contributed by atoms with E-state index in [4.69, 9.17) is 17.0 Å². The fourth-order valence-electron chi connectivity index (χ4n) is 7.19. The lowest BCUT2D eigenvalue weighted by Gasteiger charge is -2.43. The Morgan fingerprint density at radius 2 is 1.83 bits per heavy atom. The molecule has 7 nitrogen and oxygen atoms in total. The van der Waals surface area contributed by atoms with Gasteiger partial charge in [0, 0.05) is 16.0 Å². The van der Waals surface area contributed by atoms with Crippen LogP contribution >= 0.6 is 35.3 Å². The summed E-state index contributed by atoms with van der Waals surface area (Å²) in [5, 5.41) is 11.1. The van der Waals surface area contributed by atoms with Crippen LogP contribution in [0.1, 0.15) is 36.6 Å². The first-order valence-corrected chi connectivity index (χ1v) is 14.0. The summed E-state index contributed by atoms with van der Waals surface area (Å²) in [5.41, 5.74) is 1.15. The zero-order valence-electron chi connectivity index (χ0n) is 19.5. The molecule has 3 fully saturated rings. The van der Waals surface area contributed by atoms with Crippen molar-refractivity contribution in [3.63, 3.8) is 0 Å². The van der Waals surface area contributed by atoms with Gasteiger partial charge in [-0.05, 0) is 60.0 Å². The van der Waals surface area contributed by atoms with Crippen LogP contribution < -0.4 is 4.74 Å². The maximum Gasteiger partial charge on any atom is 0.327 e. The van der Waals surface area contributed by atoms with Crippen molar-refractivity contribution in [3.8, 4) is 5.75 Å². The number of aromatic nitrogens is 1. The van der Waals surface area contributed by atoms with E-state index in [1.165, 1.54) is 4.88 Å². The number of aliphatic carboxylic acids is 1. The Kier molecular flexibility index (Phi) is 5.43. The van der Waals surface area contributed by atoms with Crippen LogP contribution in [0.2, 0.25) is 0 Å². The minimum Gasteiger partial charge on any atom is -0.497 e. The molecular formula is C25H26N2O5S3. The van der Waals surface area contributed by atoms with E-state index in [1.54, 1.807) is 44.1 Å². The maximum atomic E-state index is 13.7. The van der Waals surface area contributed by atoms with Crippen molar-refractivity contribution in [2.75, 3.05) is 7.11 Å². The molecule has 1 saturated heterocycles. The molecule has 8 unspecified atom stereocenters. The first-order valence-electron chi connectivity index (χ1n) is 11.9. The molecule has 0 spiro atoms. The number of thiazole rings is 1. The van der Waals surface area contributed by atoms with Crippen LogP contribution in [0.4, 0.5) is 0 Å². The molecule has 3 heterocycles. The van der Waals surface area contributed by atoms with Gasteiger partial charge in [-0.3, -0.25) is 14.5 Å². The zero-order chi connectivity index (χ0) is 24.8. The Morgan fingerprint density at radius 3 is 2.43 bits per heavy atom. The summed E-state index contributed by atoms with van der Waals surface area (Å²) < 4.78 is 6.09. The number of rotatable bonds is 5. The molecule has 4 aliphatic rings. The van der Waals surface area contributed by atoms with Gasteiger partial charge < -0.3 is 14.8 Å². The van der Waals surface area contributed by atoms with E-state index in [-0.39, 0.29) is 46.7 Å². The monoisotopic (exact) mass is 530 g/mol. The lowest BCUT2D eigenvalue weighted by atomic mass is 9.68. The molecule has 1 aromatic heterocycles. The number of aromatic amines is 1. The quantitative estimate of drug-likeness (QED) is 0.437. The van der Waals surface area contributed by atoms with Crippen molar-refractivity contribution in [1.82, 2.24) is 9.88 Å². The maximum absolute atomic E-state index is 13.7. The number of hydrogen-bond donors (Lipinski definition) is 2. The van der Waals surface area contributed by atoms with Crippen LogP contribution in [0.15, 0.2) is 29.3 Å². The first kappa shape index (κ1) is 23.2. The molecule has 10 heteroatoms. The number of fused-ring (bicyclic) bond motifs is 9. The number of carboxylic acid groups (broad SMARTS) is 1. The molecule has 2 aliphatic carbocycles. The second kappa shape index (κ2) is 8.18. The van der Waals surface area contributed by atoms with E-state index in [0.29, 0.717) is 0 Å². The van der Waals surface area contributed by atoms with E-state index in [0.717, 1.165) is 31.6 Å². The number of likely N-dealkylation sites (tertiary alicyclic amines) is 1. The average molecular weight is 531 g/mol. The topological polar surface area (TPSA) is 99.7 Å². The van der Waals surface area contributed by atoms with E-state index in [2.05, 4.69) is 17.1 Å². The Balaban J connectivity index is 1.43. The number of hydrogen-bond acceptors (Lipinski definition) is 7. The third-order valence-electron chi connectivity index (χ3n) is 8.40. The Bertz CT molecular complexity index is 1280. The zero-order valence-corrected chi connectivity index (χ0v) is 21.9. The lowest BCUT2D eigenvalue weighted by molar-refractivity contribution is -0.157. The molecule has 6 rings (SSSR count). The van der Waals surface area contributed by atoms with Crippen molar-refractivity contribution in [1.29, 1.82) is 0 Å². The first-order chi connectivity index (χ1) is 16.7. The van der Waals surface area contributed by atoms with E-state index >= 15 is 0 Å². The van der Waals surface area contributed by atoms with Gasteiger partial charge in [0.05, 0.1) is 24.0 Å². The van der Waals surface area contributed by atoms with Gasteiger partial charge in [0.1, 0.15) is 11.8 Å². The molecule has 2 N–H and O–H groups in total. The molecule has 2 bridgehead atoms. The van der Waals surface area contributed by atoms with Crippen molar-refractivity contribution in [2.24, 2.45) is 35.5 Å². The number of nitrogens with zero attached hydrogens (tertiary/aromatic N) is 1. The predicted molar refractivity (Wildman–Crippen MR) is 134 cm³/mol. The fourth-order valence-corrected chi connectivity index (χ4v) is 10.5. The largest absolute Gasteiger partial charge is 0.497 e. The standard InChI is InChI=1S/C25H26N2O5S3/c1-9(2)18(24(30)31)27-22(28)16-12-8-13(17(16)23(27)29)19-15(12)14(10-4-6-11(32-3)7-5-10)20-21(34-19)26-25(33)35-20/h4-7,9,12-19H,8H2,1-3H3,(H,26,33)(H,30,31). The van der Waals surface area contributed by atoms with Crippen LogP contribution in [0.3, 0.4) is 0 Å². The summed E-state index contributed by atoms with van der Waals surface area (Å²) in [4.78, 5) is 44.9. The normalized spacial score (nSPS) is 33.6. The molecule has 2 aliphatic heterocycles. The van der Waals surface area contributed by atoms with E-state index < -0.39 is 23.8 Å². The highest BCUT2D eigenvalue weighted by atomic mass is 32.2. The summed E-state index contributed by atoms with van der Waals surface area (Å²) in [6.07, 6.45) is 0.824. The highest BCUT2D eigenvalue weighted by Crippen LogP contribution is 2.69. The number of carbonyl (C=O) groups excluding carboxylic acids is 2. The minimum atomic E-state index is -1.12. The number of H-pyrrole nitrogens is 1. The summed E-state index contributed by atoms with van der Waals surface area (Å²) in [5.74, 6) is -1.84. The van der Waals surface area contributed by atoms with Gasteiger partial charge in [0.25, 0.3) is 0 Å². The Labute approximate surface area is 216 Å². The number of benzene rings is 1. The number of carbonyl (C=O) groups is 3. The molecule has 35 heavy (non-hydrogen) atoms. The van der Waals surface area contributed by atoms with Crippen molar-refractivity contribution < 1.29 is 24.2 Å². The number of nitrogens with one attached hydrogen (secondary N) is 1. The highest BCUT2D eigenvalue weighted by Gasteiger charge is 2.70. The van der Waals surface area contributed by atoms with Crippen LogP contribution in [-0.4, -0.2) is 51.2 Å². The predicted octanol–water partition coefficient (Wildman–Crippen LogP) is 4.40. The van der Waals surface area contributed by atoms with Crippen LogP contribution in [0.25, 0.3) is 0 Å². The van der Waals surface area contributed by atoms with Gasteiger partial charge in [0.2, 0.25) is 11.8 Å². The van der Waals surface area contributed by atoms with Gasteiger partial charge >= 0.3 is 5.97 Å². The number of amides is 2. The Hall–Kier alpha value is -2.17. The summed E-state index contributed by atoms with van der Waals surface area (Å²) in [7, 11) is 1.64. The second-order valence-electron chi connectivity index (χ2n) is 10.3. The molecule has 8 atom stereocenters. The summed E-state index contributed by atoms with van der Waals surface area (Å²) >= 11 is 8.84. The van der Waals surface area contributed by atoms with E-state index in [9.17, 15) is 19.5 Å². The van der Waals surface area contributed by atoms with Crippen molar-refractivity contribution >= 4 is 53.1 Å². The van der Waals surface area contributed by atoms with Crippen molar-refractivity contribution in [3.05, 3.63) is 38.7 Å². The molecule has 184 valence electrons. The van der Waals surface area contributed by atoms with Crippen LogP contribution in [0.5, 0.6) is 5.75 Å². The number of imide groups is 1. The highest BCUT2D eigenvalue weighted by molar-refractivity contribution is 8.00. The fraction of sp³-hybridized carbons (Fsp3) is 0.520. The molecular weight excluding hydrogens is 504 g/mol. The summed E-state index contributed by atoms with van der Waals surface area (Å²) in [6.45, 7) is 3.50. The smallest absolute Gasteiger partial charge is 0.327 e. The molecule has 0 radical (unpaired) electrons. The molecule has 2 amide bonds. The van der Waals surface area contributed by atoms with Crippen LogP contribution in [-0.2, 0) is 14.4 Å². The molecule has 2 saturated carbocycles. The van der Waals surface area contributed by atoms with Crippen LogP contribution in [0, 0.1) is 39.5 Å². The van der Waals surface area contributed by atoms with Gasteiger partial charge in [-0.25, -0.2) is 4.79 Å². The minimum absolute atomic E-state index is 0.0291. The van der Waals surface area contributed by atoms with E-state index in [1.807, 2.05) is 12.1 Å². The SMILES string of the molecule is COc1ccc(C2c3sc(=S)[nH]c3SC3C4CC(C5C(=O)N(C(C(=O)O)C(C)C)C(=O)C45)C23)cc1. The Morgan fingerprint density at radius 1 is 1.17 bits per heavy atom. The number of thioether (sulfide) groups is 1. The number of methoxy groups -OCH3 is 1. The second-order valence-corrected chi connectivity index (χ2v) is 13.2. The van der Waals surface area contributed by atoms with Gasteiger partial charge in [-0.15, -0.1) is 23.1 Å². The van der Waals surface area contributed by atoms with Gasteiger partial charge in [-0.2, -0.15) is 0 Å². The van der Waals surface area contributed by atoms with Gasteiger partial charge in [-0.1, -0.05) is 26.0 Å².